The summed E-state index contributed by atoms with van der Waals surface area (Å²) in [5.41, 5.74) is 3.70. The predicted octanol–water partition coefficient (Wildman–Crippen LogP) is 4.49. The number of anilines is 1. The molecule has 4 rings (SSSR count). The molecule has 0 N–H and O–H groups in total. The first-order valence-corrected chi connectivity index (χ1v) is 10.0. The van der Waals surface area contributed by atoms with E-state index >= 15 is 0 Å². The molecule has 1 aliphatic heterocycles. The zero-order valence-corrected chi connectivity index (χ0v) is 17.1. The van der Waals surface area contributed by atoms with Gasteiger partial charge in [-0.15, -0.1) is 0 Å². The van der Waals surface area contributed by atoms with Crippen LogP contribution >= 0.6 is 0 Å². The highest BCUT2D eigenvalue weighted by Gasteiger charge is 2.24. The van der Waals surface area contributed by atoms with Crippen molar-refractivity contribution in [3.63, 3.8) is 0 Å². The lowest BCUT2D eigenvalue weighted by atomic mass is 10.00. The van der Waals surface area contributed by atoms with Crippen molar-refractivity contribution >= 4 is 11.5 Å². The highest BCUT2D eigenvalue weighted by molar-refractivity contribution is 5.69. The van der Waals surface area contributed by atoms with Crippen LogP contribution in [0.25, 0.3) is 16.9 Å². The molecule has 0 saturated carbocycles. The lowest BCUT2D eigenvalue weighted by Crippen LogP contribution is -2.40. The van der Waals surface area contributed by atoms with Crippen LogP contribution in [0.15, 0.2) is 30.3 Å². The van der Waals surface area contributed by atoms with Gasteiger partial charge >= 0.3 is 0 Å². The molecule has 148 valence electrons. The van der Waals surface area contributed by atoms with Crippen LogP contribution in [0.2, 0.25) is 0 Å². The maximum absolute atomic E-state index is 5.42. The third-order valence-corrected chi connectivity index (χ3v) is 5.58. The topological polar surface area (TPSA) is 51.9 Å². The van der Waals surface area contributed by atoms with E-state index in [1.807, 2.05) is 28.8 Å². The number of fused-ring (bicyclic) bond motifs is 1. The fraction of sp³-hybridized carbons (Fsp3) is 0.455. The summed E-state index contributed by atoms with van der Waals surface area (Å²) in [6, 6.07) is 10.6. The van der Waals surface area contributed by atoms with E-state index in [0.717, 1.165) is 52.9 Å². The van der Waals surface area contributed by atoms with Gasteiger partial charge in [-0.3, -0.25) is 0 Å². The number of rotatable bonds is 5. The van der Waals surface area contributed by atoms with Gasteiger partial charge in [0.2, 0.25) is 0 Å². The second kappa shape index (κ2) is 7.70. The van der Waals surface area contributed by atoms with E-state index in [1.165, 1.54) is 19.3 Å². The van der Waals surface area contributed by atoms with Crippen LogP contribution in [0.4, 0.5) is 5.82 Å². The standard InChI is InChI=1S/C22H28N4O2/c1-5-17-8-6-7-9-25(17)22-10-15(2)23-21-14-20(24-26(21)22)16-11-18(27-3)13-19(12-16)28-4/h10-14,17H,5-9H2,1-4H3/t17-/m1/s1. The Morgan fingerprint density at radius 2 is 1.79 bits per heavy atom. The first-order chi connectivity index (χ1) is 13.6. The van der Waals surface area contributed by atoms with Gasteiger partial charge < -0.3 is 14.4 Å². The first kappa shape index (κ1) is 18.6. The molecule has 1 aliphatic rings. The molecular formula is C22H28N4O2. The molecule has 28 heavy (non-hydrogen) atoms. The summed E-state index contributed by atoms with van der Waals surface area (Å²) in [6.07, 6.45) is 4.90. The number of piperidine rings is 1. The third-order valence-electron chi connectivity index (χ3n) is 5.58. The SMILES string of the molecule is CC[C@@H]1CCCCN1c1cc(C)nc2cc(-c3cc(OC)cc(OC)c3)nn12. The van der Waals surface area contributed by atoms with Crippen molar-refractivity contribution in [2.45, 2.75) is 45.6 Å². The molecule has 1 atom stereocenters. The average Bonchev–Trinajstić information content (AvgIpc) is 3.16. The van der Waals surface area contributed by atoms with Crippen LogP contribution in [0.1, 0.15) is 38.3 Å². The second-order valence-corrected chi connectivity index (χ2v) is 7.41. The van der Waals surface area contributed by atoms with E-state index in [-0.39, 0.29) is 0 Å². The van der Waals surface area contributed by atoms with Crippen LogP contribution in [-0.2, 0) is 0 Å². The molecule has 0 spiro atoms. The molecule has 0 radical (unpaired) electrons. The molecule has 6 heteroatoms. The minimum Gasteiger partial charge on any atom is -0.497 e. The van der Waals surface area contributed by atoms with Gasteiger partial charge in [-0.25, -0.2) is 4.98 Å². The number of hydrogen-bond acceptors (Lipinski definition) is 5. The van der Waals surface area contributed by atoms with Gasteiger partial charge in [0, 0.05) is 42.0 Å². The second-order valence-electron chi connectivity index (χ2n) is 7.41. The van der Waals surface area contributed by atoms with E-state index in [2.05, 4.69) is 24.8 Å². The van der Waals surface area contributed by atoms with Crippen molar-refractivity contribution in [3.05, 3.63) is 36.0 Å². The van der Waals surface area contributed by atoms with Crippen molar-refractivity contribution < 1.29 is 9.47 Å². The number of aromatic nitrogens is 3. The van der Waals surface area contributed by atoms with Gasteiger partial charge in [0.15, 0.2) is 5.65 Å². The summed E-state index contributed by atoms with van der Waals surface area (Å²) >= 11 is 0. The van der Waals surface area contributed by atoms with Gasteiger partial charge in [0.1, 0.15) is 17.3 Å². The smallest absolute Gasteiger partial charge is 0.158 e. The van der Waals surface area contributed by atoms with E-state index < -0.39 is 0 Å². The Morgan fingerprint density at radius 3 is 2.46 bits per heavy atom. The minimum absolute atomic E-state index is 0.559. The summed E-state index contributed by atoms with van der Waals surface area (Å²) in [4.78, 5) is 7.23. The molecule has 0 amide bonds. The van der Waals surface area contributed by atoms with E-state index in [0.29, 0.717) is 6.04 Å². The van der Waals surface area contributed by atoms with Crippen LogP contribution < -0.4 is 14.4 Å². The summed E-state index contributed by atoms with van der Waals surface area (Å²) in [6.45, 7) is 5.39. The lowest BCUT2D eigenvalue weighted by Gasteiger charge is -2.37. The summed E-state index contributed by atoms with van der Waals surface area (Å²) in [5.74, 6) is 2.63. The zero-order chi connectivity index (χ0) is 19.7. The van der Waals surface area contributed by atoms with Gasteiger partial charge in [-0.2, -0.15) is 9.61 Å². The fourth-order valence-corrected chi connectivity index (χ4v) is 4.11. The Morgan fingerprint density at radius 1 is 1.04 bits per heavy atom. The lowest BCUT2D eigenvalue weighted by molar-refractivity contribution is 0.394. The summed E-state index contributed by atoms with van der Waals surface area (Å²) in [7, 11) is 3.32. The Hall–Kier alpha value is -2.76. The molecule has 3 heterocycles. The number of ether oxygens (including phenoxy) is 2. The van der Waals surface area contributed by atoms with Crippen molar-refractivity contribution in [1.82, 2.24) is 14.6 Å². The van der Waals surface area contributed by atoms with Crippen LogP contribution in [0.5, 0.6) is 11.5 Å². The van der Waals surface area contributed by atoms with Crippen molar-refractivity contribution in [2.75, 3.05) is 25.7 Å². The molecule has 1 aromatic carbocycles. The first-order valence-electron chi connectivity index (χ1n) is 10.0. The van der Waals surface area contributed by atoms with E-state index in [9.17, 15) is 0 Å². The Bertz CT molecular complexity index is 960. The van der Waals surface area contributed by atoms with Gasteiger partial charge in [0.25, 0.3) is 0 Å². The molecule has 3 aromatic rings. The Kier molecular flexibility index (Phi) is 5.11. The number of benzene rings is 1. The average molecular weight is 380 g/mol. The van der Waals surface area contributed by atoms with Gasteiger partial charge in [-0.05, 0) is 44.7 Å². The molecule has 0 aliphatic carbocycles. The van der Waals surface area contributed by atoms with Crippen LogP contribution in [0, 0.1) is 6.92 Å². The maximum atomic E-state index is 5.42. The monoisotopic (exact) mass is 380 g/mol. The maximum Gasteiger partial charge on any atom is 0.158 e. The van der Waals surface area contributed by atoms with E-state index in [1.54, 1.807) is 14.2 Å². The van der Waals surface area contributed by atoms with Crippen molar-refractivity contribution in [2.24, 2.45) is 0 Å². The zero-order valence-electron chi connectivity index (χ0n) is 17.1. The number of methoxy groups -OCH3 is 2. The predicted molar refractivity (Wildman–Crippen MR) is 112 cm³/mol. The van der Waals surface area contributed by atoms with Crippen LogP contribution in [0.3, 0.4) is 0 Å². The number of nitrogens with zero attached hydrogens (tertiary/aromatic N) is 4. The third kappa shape index (κ3) is 3.39. The molecule has 0 unspecified atom stereocenters. The van der Waals surface area contributed by atoms with Crippen LogP contribution in [-0.4, -0.2) is 41.4 Å². The fourth-order valence-electron chi connectivity index (χ4n) is 4.11. The summed E-state index contributed by atoms with van der Waals surface area (Å²) < 4.78 is 12.8. The summed E-state index contributed by atoms with van der Waals surface area (Å²) in [5, 5.41) is 4.92. The molecule has 1 saturated heterocycles. The normalized spacial score (nSPS) is 17.1. The minimum atomic E-state index is 0.559. The highest BCUT2D eigenvalue weighted by atomic mass is 16.5. The Balaban J connectivity index is 1.83. The molecular weight excluding hydrogens is 352 g/mol. The molecule has 2 aromatic heterocycles. The molecule has 1 fully saturated rings. The number of aryl methyl sites for hydroxylation is 1. The van der Waals surface area contributed by atoms with Crippen molar-refractivity contribution in [1.29, 1.82) is 0 Å². The Labute approximate surface area is 166 Å². The van der Waals surface area contributed by atoms with Crippen molar-refractivity contribution in [3.8, 4) is 22.8 Å². The molecule has 6 nitrogen and oxygen atoms in total. The van der Waals surface area contributed by atoms with E-state index in [4.69, 9.17) is 19.6 Å². The number of hydrogen-bond donors (Lipinski definition) is 0. The largest absolute Gasteiger partial charge is 0.497 e. The highest BCUT2D eigenvalue weighted by Crippen LogP contribution is 2.32. The van der Waals surface area contributed by atoms with Gasteiger partial charge in [0.05, 0.1) is 19.9 Å². The van der Waals surface area contributed by atoms with Gasteiger partial charge in [-0.1, -0.05) is 6.92 Å². The molecule has 0 bridgehead atoms. The quantitative estimate of drug-likeness (QED) is 0.653.